The molecule has 1 aromatic carbocycles. The Labute approximate surface area is 113 Å². The molecule has 18 heavy (non-hydrogen) atoms. The van der Waals surface area contributed by atoms with Crippen molar-refractivity contribution in [3.05, 3.63) is 40.8 Å². The number of thioether (sulfide) groups is 1. The van der Waals surface area contributed by atoms with Crippen LogP contribution < -0.4 is 0 Å². The molecule has 1 N–H and O–H groups in total. The molecule has 0 radical (unpaired) electrons. The topological polar surface area (TPSA) is 57.6 Å². The van der Waals surface area contributed by atoms with Gasteiger partial charge < -0.3 is 5.11 Å². The van der Waals surface area contributed by atoms with Crippen molar-refractivity contribution in [3.8, 4) is 0 Å². The lowest BCUT2D eigenvalue weighted by Gasteiger charge is -2.10. The predicted molar refractivity (Wildman–Crippen MR) is 74.0 cm³/mol. The van der Waals surface area contributed by atoms with E-state index in [0.717, 1.165) is 22.2 Å². The zero-order valence-corrected chi connectivity index (χ0v) is 10.8. The minimum atomic E-state index is -1.08. The summed E-state index contributed by atoms with van der Waals surface area (Å²) < 4.78 is 0.282. The van der Waals surface area contributed by atoms with Crippen molar-refractivity contribution in [2.24, 2.45) is 0 Å². The van der Waals surface area contributed by atoms with Gasteiger partial charge in [-0.05, 0) is 11.6 Å². The number of hydrogen-bond acceptors (Lipinski definition) is 4. The largest absolute Gasteiger partial charge is 0.480 e. The van der Waals surface area contributed by atoms with Gasteiger partial charge in [0.2, 0.25) is 0 Å². The molecule has 0 bridgehead atoms. The fraction of sp³-hybridized carbons (Fsp3) is 0.0833. The van der Waals surface area contributed by atoms with E-state index in [1.54, 1.807) is 6.08 Å². The Hall–Kier alpha value is -1.66. The Balaban J connectivity index is 2.23. The van der Waals surface area contributed by atoms with E-state index >= 15 is 0 Å². The number of carbonyl (C=O) groups excluding carboxylic acids is 1. The number of thiocarbonyl (C=S) groups is 1. The third-order valence-electron chi connectivity index (χ3n) is 2.26. The van der Waals surface area contributed by atoms with Gasteiger partial charge in [-0.25, -0.2) is 0 Å². The van der Waals surface area contributed by atoms with Gasteiger partial charge in [-0.15, -0.1) is 0 Å². The van der Waals surface area contributed by atoms with E-state index in [4.69, 9.17) is 17.3 Å². The number of rotatable bonds is 3. The maximum absolute atomic E-state index is 11.9. The summed E-state index contributed by atoms with van der Waals surface area (Å²) in [5.74, 6) is -1.43. The molecule has 1 fully saturated rings. The first-order valence-corrected chi connectivity index (χ1v) is 6.32. The first kappa shape index (κ1) is 12.8. The van der Waals surface area contributed by atoms with Crippen LogP contribution in [0.2, 0.25) is 0 Å². The highest BCUT2D eigenvalue weighted by atomic mass is 32.2. The van der Waals surface area contributed by atoms with Crippen LogP contribution in [0.1, 0.15) is 5.56 Å². The number of amides is 1. The van der Waals surface area contributed by atoms with Gasteiger partial charge in [-0.3, -0.25) is 14.5 Å². The molecule has 4 nitrogen and oxygen atoms in total. The van der Waals surface area contributed by atoms with Crippen LogP contribution in [-0.2, 0) is 9.59 Å². The molecule has 1 aliphatic heterocycles. The average molecular weight is 279 g/mol. The molecule has 0 aromatic heterocycles. The minimum Gasteiger partial charge on any atom is -0.480 e. The second-order valence-electron chi connectivity index (χ2n) is 3.57. The van der Waals surface area contributed by atoms with Gasteiger partial charge in [-0.2, -0.15) is 0 Å². The molecule has 6 heteroatoms. The predicted octanol–water partition coefficient (Wildman–Crippen LogP) is 1.97. The third kappa shape index (κ3) is 2.77. The molecule has 1 amide bonds. The maximum Gasteiger partial charge on any atom is 0.323 e. The highest BCUT2D eigenvalue weighted by Gasteiger charge is 2.33. The summed E-state index contributed by atoms with van der Waals surface area (Å²) >= 11 is 6.12. The summed E-state index contributed by atoms with van der Waals surface area (Å²) in [6.45, 7) is -0.392. The van der Waals surface area contributed by atoms with Gasteiger partial charge in [0.1, 0.15) is 10.9 Å². The monoisotopic (exact) mass is 279 g/mol. The standard InChI is InChI=1S/C12H9NO3S2/c14-10(15)7-13-11(16)9(18-12(13)17)6-8-4-2-1-3-5-8/h1-6H,7H2,(H,14,15)/b9-6+. The number of nitrogens with zero attached hydrogens (tertiary/aromatic N) is 1. The van der Waals surface area contributed by atoms with Crippen molar-refractivity contribution in [1.29, 1.82) is 0 Å². The van der Waals surface area contributed by atoms with Gasteiger partial charge in [0.25, 0.3) is 5.91 Å². The molecular formula is C12H9NO3S2. The van der Waals surface area contributed by atoms with Crippen LogP contribution in [-0.4, -0.2) is 32.7 Å². The Kier molecular flexibility index (Phi) is 3.78. The van der Waals surface area contributed by atoms with Crippen molar-refractivity contribution in [3.63, 3.8) is 0 Å². The van der Waals surface area contributed by atoms with Crippen LogP contribution in [0.25, 0.3) is 6.08 Å². The molecule has 0 aliphatic carbocycles. The number of carbonyl (C=O) groups is 2. The molecule has 1 heterocycles. The number of aliphatic carboxylic acids is 1. The average Bonchev–Trinajstić information content (AvgIpc) is 2.58. The highest BCUT2D eigenvalue weighted by Crippen LogP contribution is 2.32. The summed E-state index contributed by atoms with van der Waals surface area (Å²) in [5, 5.41) is 8.70. The van der Waals surface area contributed by atoms with Gasteiger partial charge in [-0.1, -0.05) is 54.3 Å². The summed E-state index contributed by atoms with van der Waals surface area (Å²) in [4.78, 5) is 24.1. The number of carboxylic acid groups (broad SMARTS) is 1. The van der Waals surface area contributed by atoms with E-state index in [1.165, 1.54) is 0 Å². The van der Waals surface area contributed by atoms with Crippen LogP contribution >= 0.6 is 24.0 Å². The van der Waals surface area contributed by atoms with Crippen LogP contribution in [0.4, 0.5) is 0 Å². The van der Waals surface area contributed by atoms with Gasteiger partial charge in [0, 0.05) is 0 Å². The third-order valence-corrected chi connectivity index (χ3v) is 3.64. The quantitative estimate of drug-likeness (QED) is 0.677. The summed E-state index contributed by atoms with van der Waals surface area (Å²) in [6.07, 6.45) is 1.71. The maximum atomic E-state index is 11.9. The van der Waals surface area contributed by atoms with Crippen molar-refractivity contribution < 1.29 is 14.7 Å². The number of benzene rings is 1. The molecule has 1 saturated heterocycles. The van der Waals surface area contributed by atoms with E-state index in [1.807, 2.05) is 30.3 Å². The molecular weight excluding hydrogens is 270 g/mol. The fourth-order valence-corrected chi connectivity index (χ4v) is 2.73. The van der Waals surface area contributed by atoms with E-state index in [2.05, 4.69) is 0 Å². The van der Waals surface area contributed by atoms with E-state index in [0.29, 0.717) is 4.91 Å². The smallest absolute Gasteiger partial charge is 0.323 e. The first-order chi connectivity index (χ1) is 8.58. The molecule has 0 saturated carbocycles. The molecule has 0 atom stereocenters. The Morgan fingerprint density at radius 3 is 2.67 bits per heavy atom. The fourth-order valence-electron chi connectivity index (χ4n) is 1.47. The van der Waals surface area contributed by atoms with Gasteiger partial charge in [0.05, 0.1) is 4.91 Å². The molecule has 0 spiro atoms. The lowest BCUT2D eigenvalue weighted by Crippen LogP contribution is -2.33. The number of carboxylic acids is 1. The van der Waals surface area contributed by atoms with Crippen LogP contribution in [0, 0.1) is 0 Å². The van der Waals surface area contributed by atoms with E-state index < -0.39 is 12.5 Å². The number of hydrogen-bond donors (Lipinski definition) is 1. The lowest BCUT2D eigenvalue weighted by atomic mass is 10.2. The van der Waals surface area contributed by atoms with E-state index in [9.17, 15) is 9.59 Å². The van der Waals surface area contributed by atoms with Crippen molar-refractivity contribution in [1.82, 2.24) is 4.90 Å². The van der Waals surface area contributed by atoms with E-state index in [-0.39, 0.29) is 10.2 Å². The minimum absolute atomic E-state index is 0.282. The Bertz CT molecular complexity index is 540. The molecule has 0 unspecified atom stereocenters. The van der Waals surface area contributed by atoms with Crippen molar-refractivity contribution in [2.45, 2.75) is 0 Å². The molecule has 2 rings (SSSR count). The van der Waals surface area contributed by atoms with Crippen molar-refractivity contribution >= 4 is 46.3 Å². The SMILES string of the molecule is O=C(O)CN1C(=O)/C(=C\c2ccccc2)SC1=S. The Morgan fingerprint density at radius 2 is 2.06 bits per heavy atom. The van der Waals surface area contributed by atoms with Gasteiger partial charge in [0.15, 0.2) is 0 Å². The van der Waals surface area contributed by atoms with Crippen LogP contribution in [0.15, 0.2) is 35.2 Å². The molecule has 1 aliphatic rings. The first-order valence-electron chi connectivity index (χ1n) is 5.10. The summed E-state index contributed by atoms with van der Waals surface area (Å²) in [7, 11) is 0. The lowest BCUT2D eigenvalue weighted by molar-refractivity contribution is -0.140. The second kappa shape index (κ2) is 5.32. The summed E-state index contributed by atoms with van der Waals surface area (Å²) in [6, 6.07) is 9.34. The summed E-state index contributed by atoms with van der Waals surface area (Å²) in [5.41, 5.74) is 0.883. The van der Waals surface area contributed by atoms with Gasteiger partial charge >= 0.3 is 5.97 Å². The van der Waals surface area contributed by atoms with Crippen molar-refractivity contribution in [2.75, 3.05) is 6.54 Å². The van der Waals surface area contributed by atoms with Crippen LogP contribution in [0.3, 0.4) is 0 Å². The normalized spacial score (nSPS) is 17.6. The second-order valence-corrected chi connectivity index (χ2v) is 5.25. The highest BCUT2D eigenvalue weighted by molar-refractivity contribution is 8.26. The zero-order valence-electron chi connectivity index (χ0n) is 9.20. The zero-order chi connectivity index (χ0) is 13.1. The Morgan fingerprint density at radius 1 is 1.39 bits per heavy atom. The van der Waals surface area contributed by atoms with Crippen LogP contribution in [0.5, 0.6) is 0 Å². The molecule has 92 valence electrons. The molecule has 1 aromatic rings.